The van der Waals surface area contributed by atoms with E-state index in [0.717, 1.165) is 55.3 Å². The van der Waals surface area contributed by atoms with Crippen molar-refractivity contribution in [3.8, 4) is 34.6 Å². The predicted octanol–water partition coefficient (Wildman–Crippen LogP) is 9.91. The maximum absolute atomic E-state index is 10.1. The van der Waals surface area contributed by atoms with Crippen molar-refractivity contribution in [3.05, 3.63) is 144 Å². The third-order valence-electron chi connectivity index (χ3n) is 8.85. The van der Waals surface area contributed by atoms with Crippen molar-refractivity contribution >= 4 is 43.6 Å². The van der Waals surface area contributed by atoms with E-state index in [1.54, 1.807) is 6.07 Å². The highest BCUT2D eigenvalue weighted by molar-refractivity contribution is 6.17. The van der Waals surface area contributed by atoms with Crippen LogP contribution in [0.15, 0.2) is 121 Å². The lowest BCUT2D eigenvalue weighted by Gasteiger charge is -2.20. The van der Waals surface area contributed by atoms with Gasteiger partial charge in [-0.3, -0.25) is 0 Å². The SMILES string of the molecule is Cc1cccc(C)c1-n1c2ccccc2c2ccc(-n3c4ccccc4c4ccccc43)c(-c3ccc(C#N)c(C#N)c3)c21. The Labute approximate surface area is 254 Å². The van der Waals surface area contributed by atoms with Gasteiger partial charge in [-0.2, -0.15) is 10.5 Å². The van der Waals surface area contributed by atoms with E-state index in [-0.39, 0.29) is 0 Å². The molecule has 0 saturated heterocycles. The van der Waals surface area contributed by atoms with Crippen molar-refractivity contribution in [2.75, 3.05) is 0 Å². The largest absolute Gasteiger partial charge is 0.309 e. The summed E-state index contributed by atoms with van der Waals surface area (Å²) >= 11 is 0. The third kappa shape index (κ3) is 3.56. The monoisotopic (exact) mass is 562 g/mol. The molecule has 44 heavy (non-hydrogen) atoms. The molecule has 4 nitrogen and oxygen atoms in total. The van der Waals surface area contributed by atoms with Crippen LogP contribution in [0, 0.1) is 36.5 Å². The summed E-state index contributed by atoms with van der Waals surface area (Å²) in [5, 5.41) is 24.5. The second-order valence-electron chi connectivity index (χ2n) is 11.3. The Morgan fingerprint density at radius 1 is 0.500 bits per heavy atom. The first-order valence-corrected chi connectivity index (χ1v) is 14.7. The number of fused-ring (bicyclic) bond motifs is 6. The van der Waals surface area contributed by atoms with Gasteiger partial charge in [0.05, 0.1) is 44.6 Å². The van der Waals surface area contributed by atoms with Crippen molar-refractivity contribution < 1.29 is 0 Å². The van der Waals surface area contributed by atoms with Crippen molar-refractivity contribution in [1.82, 2.24) is 9.13 Å². The van der Waals surface area contributed by atoms with Crippen LogP contribution < -0.4 is 0 Å². The van der Waals surface area contributed by atoms with Crippen LogP contribution in [0.4, 0.5) is 0 Å². The molecule has 2 heterocycles. The Bertz CT molecular complexity index is 2470. The molecule has 6 aromatic carbocycles. The minimum Gasteiger partial charge on any atom is -0.309 e. The number of nitriles is 2. The second kappa shape index (κ2) is 9.73. The molecule has 0 aliphatic carbocycles. The molecule has 0 saturated carbocycles. The Morgan fingerprint density at radius 2 is 1.05 bits per heavy atom. The Balaban J connectivity index is 1.65. The highest BCUT2D eigenvalue weighted by atomic mass is 15.0. The zero-order chi connectivity index (χ0) is 29.9. The Kier molecular flexibility index (Phi) is 5.66. The summed E-state index contributed by atoms with van der Waals surface area (Å²) in [6.07, 6.45) is 0. The number of nitrogens with zero attached hydrogens (tertiary/aromatic N) is 4. The molecule has 0 aliphatic rings. The number of benzene rings is 6. The smallest absolute Gasteiger partial charge is 0.101 e. The molecular weight excluding hydrogens is 536 g/mol. The molecule has 0 bridgehead atoms. The van der Waals surface area contributed by atoms with Gasteiger partial charge in [0.2, 0.25) is 0 Å². The standard InChI is InChI=1S/C40H26N4/c1-25-10-9-11-26(2)39(25)44-36-17-8-5-14-32(36)33-20-21-37(38(40(33)44)27-18-19-28(23-41)29(22-27)24-42)43-34-15-6-3-12-30(34)31-13-4-7-16-35(31)43/h3-22H,1-2H3. The molecule has 0 amide bonds. The molecule has 0 spiro atoms. The normalized spacial score (nSPS) is 11.4. The average Bonchev–Trinajstić information content (AvgIpc) is 3.57. The molecule has 4 heteroatoms. The Hall–Kier alpha value is -6.10. The van der Waals surface area contributed by atoms with Gasteiger partial charge in [-0.1, -0.05) is 84.9 Å². The zero-order valence-electron chi connectivity index (χ0n) is 24.3. The summed E-state index contributed by atoms with van der Waals surface area (Å²) in [5.74, 6) is 0. The van der Waals surface area contributed by atoms with Gasteiger partial charge in [-0.05, 0) is 66.9 Å². The summed E-state index contributed by atoms with van der Waals surface area (Å²) in [5.41, 5.74) is 11.6. The van der Waals surface area contributed by atoms with Gasteiger partial charge in [-0.15, -0.1) is 0 Å². The molecule has 0 atom stereocenters. The van der Waals surface area contributed by atoms with Crippen molar-refractivity contribution in [3.63, 3.8) is 0 Å². The van der Waals surface area contributed by atoms with Crippen LogP contribution in [0.25, 0.3) is 66.1 Å². The van der Waals surface area contributed by atoms with Crippen LogP contribution in [0.5, 0.6) is 0 Å². The average molecular weight is 563 g/mol. The number of aryl methyl sites for hydroxylation is 2. The minimum atomic E-state index is 0.366. The lowest BCUT2D eigenvalue weighted by Crippen LogP contribution is -2.04. The summed E-state index contributed by atoms with van der Waals surface area (Å²) in [6.45, 7) is 4.32. The quantitative estimate of drug-likeness (QED) is 0.215. The molecule has 0 aliphatic heterocycles. The van der Waals surface area contributed by atoms with Gasteiger partial charge in [-0.25, -0.2) is 0 Å². The van der Waals surface area contributed by atoms with Gasteiger partial charge >= 0.3 is 0 Å². The van der Waals surface area contributed by atoms with Crippen LogP contribution in [0.1, 0.15) is 22.3 Å². The van der Waals surface area contributed by atoms with Crippen LogP contribution in [-0.4, -0.2) is 9.13 Å². The van der Waals surface area contributed by atoms with Crippen LogP contribution >= 0.6 is 0 Å². The first-order chi connectivity index (χ1) is 21.6. The van der Waals surface area contributed by atoms with E-state index in [1.807, 2.05) is 12.1 Å². The number of hydrogen-bond acceptors (Lipinski definition) is 2. The van der Waals surface area contributed by atoms with E-state index in [0.29, 0.717) is 11.1 Å². The highest BCUT2D eigenvalue weighted by Crippen LogP contribution is 2.44. The number of aromatic nitrogens is 2. The highest BCUT2D eigenvalue weighted by Gasteiger charge is 2.24. The maximum atomic E-state index is 10.1. The van der Waals surface area contributed by atoms with Crippen molar-refractivity contribution in [2.24, 2.45) is 0 Å². The Morgan fingerprint density at radius 3 is 1.64 bits per heavy atom. The van der Waals surface area contributed by atoms with E-state index >= 15 is 0 Å². The number of rotatable bonds is 3. The summed E-state index contributed by atoms with van der Waals surface area (Å²) in [6, 6.07) is 46.5. The first kappa shape index (κ1) is 25.6. The number of hydrogen-bond donors (Lipinski definition) is 0. The fourth-order valence-corrected chi connectivity index (χ4v) is 6.98. The van der Waals surface area contributed by atoms with Crippen LogP contribution in [0.3, 0.4) is 0 Å². The van der Waals surface area contributed by atoms with E-state index in [1.165, 1.54) is 21.9 Å². The molecule has 2 aromatic heterocycles. The van der Waals surface area contributed by atoms with Crippen molar-refractivity contribution in [2.45, 2.75) is 13.8 Å². The summed E-state index contributed by atoms with van der Waals surface area (Å²) in [4.78, 5) is 0. The zero-order valence-corrected chi connectivity index (χ0v) is 24.3. The lowest BCUT2D eigenvalue weighted by molar-refractivity contribution is 1.11. The van der Waals surface area contributed by atoms with Gasteiger partial charge < -0.3 is 9.13 Å². The van der Waals surface area contributed by atoms with E-state index in [9.17, 15) is 10.5 Å². The van der Waals surface area contributed by atoms with E-state index in [2.05, 4.69) is 138 Å². The molecular formula is C40H26N4. The van der Waals surface area contributed by atoms with E-state index < -0.39 is 0 Å². The first-order valence-electron chi connectivity index (χ1n) is 14.7. The van der Waals surface area contributed by atoms with E-state index in [4.69, 9.17) is 0 Å². The van der Waals surface area contributed by atoms with Gasteiger partial charge in [0.15, 0.2) is 0 Å². The fraction of sp³-hybridized carbons (Fsp3) is 0.0500. The third-order valence-corrected chi connectivity index (χ3v) is 8.85. The molecule has 8 rings (SSSR count). The molecule has 8 aromatic rings. The van der Waals surface area contributed by atoms with Gasteiger partial charge in [0, 0.05) is 27.1 Å². The maximum Gasteiger partial charge on any atom is 0.101 e. The van der Waals surface area contributed by atoms with Gasteiger partial charge in [0.1, 0.15) is 12.1 Å². The molecule has 0 radical (unpaired) electrons. The summed E-state index contributed by atoms with van der Waals surface area (Å²) in [7, 11) is 0. The molecule has 206 valence electrons. The van der Waals surface area contributed by atoms with Crippen LogP contribution in [-0.2, 0) is 0 Å². The van der Waals surface area contributed by atoms with Crippen LogP contribution in [0.2, 0.25) is 0 Å². The summed E-state index contributed by atoms with van der Waals surface area (Å²) < 4.78 is 4.74. The van der Waals surface area contributed by atoms with Crippen molar-refractivity contribution in [1.29, 1.82) is 10.5 Å². The molecule has 0 unspecified atom stereocenters. The lowest BCUT2D eigenvalue weighted by atomic mass is 9.96. The number of para-hydroxylation sites is 4. The topological polar surface area (TPSA) is 57.4 Å². The minimum absolute atomic E-state index is 0.366. The fourth-order valence-electron chi connectivity index (χ4n) is 6.98. The predicted molar refractivity (Wildman–Crippen MR) is 179 cm³/mol. The molecule has 0 fully saturated rings. The van der Waals surface area contributed by atoms with Gasteiger partial charge in [0.25, 0.3) is 0 Å². The molecule has 0 N–H and O–H groups in total. The second-order valence-corrected chi connectivity index (χ2v) is 11.3.